The number of anilines is 3. The molecule has 0 spiro atoms. The molecule has 0 bridgehead atoms. The van der Waals surface area contributed by atoms with Crippen molar-refractivity contribution < 1.29 is 4.42 Å². The van der Waals surface area contributed by atoms with Crippen molar-refractivity contribution in [3.05, 3.63) is 299 Å². The van der Waals surface area contributed by atoms with Gasteiger partial charge in [-0.2, -0.15) is 0 Å². The SMILES string of the molecule is c1ccc(-c2nc3ccc(N(c4ccc5c(c4)C(c4ccccc4)(c4ccccc4)c4ccccc4-5)c4ccc5c(c4)C(c4ccccc4)(c4ccccc4)c4ccccc4-5)cc3o2)cc1. The maximum Gasteiger partial charge on any atom is 0.227 e. The van der Waals surface area contributed by atoms with Gasteiger partial charge in [-0.25, -0.2) is 4.98 Å². The van der Waals surface area contributed by atoms with Gasteiger partial charge >= 0.3 is 0 Å². The predicted octanol–water partition coefficient (Wildman–Crippen LogP) is 15.7. The van der Waals surface area contributed by atoms with Gasteiger partial charge in [0.25, 0.3) is 0 Å². The van der Waals surface area contributed by atoms with Crippen molar-refractivity contribution in [2.75, 3.05) is 4.90 Å². The molecule has 10 aromatic carbocycles. The average molecular weight is 843 g/mol. The number of hydrogen-bond donors (Lipinski definition) is 0. The van der Waals surface area contributed by atoms with Gasteiger partial charge in [-0.1, -0.05) is 200 Å². The molecule has 310 valence electrons. The molecular formula is C63H42N2O. The maximum absolute atomic E-state index is 6.61. The molecule has 1 aromatic heterocycles. The van der Waals surface area contributed by atoms with E-state index in [1.165, 1.54) is 66.8 Å². The van der Waals surface area contributed by atoms with E-state index in [2.05, 4.69) is 229 Å². The lowest BCUT2D eigenvalue weighted by Gasteiger charge is -2.36. The van der Waals surface area contributed by atoms with Crippen LogP contribution in [-0.4, -0.2) is 4.98 Å². The molecule has 3 nitrogen and oxygen atoms in total. The summed E-state index contributed by atoms with van der Waals surface area (Å²) >= 11 is 0. The summed E-state index contributed by atoms with van der Waals surface area (Å²) in [5.74, 6) is 0.603. The lowest BCUT2D eigenvalue weighted by molar-refractivity contribution is 0.620. The highest BCUT2D eigenvalue weighted by atomic mass is 16.3. The zero-order chi connectivity index (χ0) is 43.7. The van der Waals surface area contributed by atoms with E-state index in [0.717, 1.165) is 33.7 Å². The van der Waals surface area contributed by atoms with E-state index in [1.807, 2.05) is 30.3 Å². The van der Waals surface area contributed by atoms with Crippen LogP contribution in [0.1, 0.15) is 44.5 Å². The van der Waals surface area contributed by atoms with E-state index < -0.39 is 10.8 Å². The van der Waals surface area contributed by atoms with Gasteiger partial charge in [0.15, 0.2) is 5.58 Å². The number of nitrogens with zero attached hydrogens (tertiary/aromatic N) is 2. The van der Waals surface area contributed by atoms with Gasteiger partial charge in [0, 0.05) is 28.7 Å². The molecule has 0 saturated heterocycles. The summed E-state index contributed by atoms with van der Waals surface area (Å²) in [6.45, 7) is 0. The first kappa shape index (κ1) is 38.0. The topological polar surface area (TPSA) is 29.3 Å². The molecule has 11 aromatic rings. The minimum Gasteiger partial charge on any atom is -0.436 e. The van der Waals surface area contributed by atoms with Crippen LogP contribution in [0.2, 0.25) is 0 Å². The van der Waals surface area contributed by atoms with Crippen LogP contribution in [0.4, 0.5) is 17.1 Å². The molecule has 0 saturated carbocycles. The third kappa shape index (κ3) is 5.53. The molecule has 0 amide bonds. The van der Waals surface area contributed by atoms with Crippen molar-refractivity contribution in [2.45, 2.75) is 10.8 Å². The average Bonchev–Trinajstić information content (AvgIpc) is 4.05. The van der Waals surface area contributed by atoms with Gasteiger partial charge < -0.3 is 9.32 Å². The summed E-state index contributed by atoms with van der Waals surface area (Å²) in [4.78, 5) is 7.37. The molecule has 66 heavy (non-hydrogen) atoms. The summed E-state index contributed by atoms with van der Waals surface area (Å²) < 4.78 is 6.61. The highest BCUT2D eigenvalue weighted by Gasteiger charge is 2.48. The summed E-state index contributed by atoms with van der Waals surface area (Å²) in [5.41, 5.74) is 19.3. The van der Waals surface area contributed by atoms with Crippen LogP contribution in [-0.2, 0) is 10.8 Å². The molecule has 0 atom stereocenters. The second-order valence-corrected chi connectivity index (χ2v) is 17.4. The molecule has 2 aliphatic carbocycles. The number of hydrogen-bond acceptors (Lipinski definition) is 3. The number of fused-ring (bicyclic) bond motifs is 7. The lowest BCUT2D eigenvalue weighted by atomic mass is 9.67. The van der Waals surface area contributed by atoms with E-state index in [4.69, 9.17) is 9.40 Å². The van der Waals surface area contributed by atoms with Gasteiger partial charge in [-0.15, -0.1) is 0 Å². The van der Waals surface area contributed by atoms with E-state index in [9.17, 15) is 0 Å². The Morgan fingerprint density at radius 2 is 0.682 bits per heavy atom. The molecule has 0 N–H and O–H groups in total. The van der Waals surface area contributed by atoms with Gasteiger partial charge in [-0.05, 0) is 115 Å². The van der Waals surface area contributed by atoms with E-state index in [0.29, 0.717) is 5.89 Å². The van der Waals surface area contributed by atoms with Crippen LogP contribution < -0.4 is 4.90 Å². The summed E-state index contributed by atoms with van der Waals surface area (Å²) in [6.07, 6.45) is 0. The normalized spacial score (nSPS) is 13.7. The molecule has 0 radical (unpaired) electrons. The highest BCUT2D eigenvalue weighted by molar-refractivity contribution is 5.93. The fraction of sp³-hybridized carbons (Fsp3) is 0.0317. The van der Waals surface area contributed by atoms with E-state index >= 15 is 0 Å². The minimum atomic E-state index is -0.565. The Morgan fingerprint density at radius 1 is 0.318 bits per heavy atom. The molecule has 0 aliphatic heterocycles. The number of benzene rings is 10. The first-order valence-electron chi connectivity index (χ1n) is 22.7. The van der Waals surface area contributed by atoms with Crippen LogP contribution in [0.5, 0.6) is 0 Å². The fourth-order valence-corrected chi connectivity index (χ4v) is 11.3. The second-order valence-electron chi connectivity index (χ2n) is 17.4. The Labute approximate surface area is 384 Å². The quantitative estimate of drug-likeness (QED) is 0.153. The third-order valence-corrected chi connectivity index (χ3v) is 14.1. The Bertz CT molecular complexity index is 3320. The van der Waals surface area contributed by atoms with Crippen LogP contribution in [0.3, 0.4) is 0 Å². The van der Waals surface area contributed by atoms with E-state index in [-0.39, 0.29) is 0 Å². The van der Waals surface area contributed by atoms with Crippen molar-refractivity contribution in [1.29, 1.82) is 0 Å². The molecule has 1 heterocycles. The Kier molecular flexibility index (Phi) is 8.66. The van der Waals surface area contributed by atoms with Crippen molar-refractivity contribution in [2.24, 2.45) is 0 Å². The first-order chi connectivity index (χ1) is 32.7. The van der Waals surface area contributed by atoms with Crippen LogP contribution >= 0.6 is 0 Å². The fourth-order valence-electron chi connectivity index (χ4n) is 11.3. The Morgan fingerprint density at radius 3 is 1.14 bits per heavy atom. The maximum atomic E-state index is 6.61. The van der Waals surface area contributed by atoms with Crippen LogP contribution in [0, 0.1) is 0 Å². The van der Waals surface area contributed by atoms with Crippen molar-refractivity contribution in [1.82, 2.24) is 4.98 Å². The van der Waals surface area contributed by atoms with Crippen LogP contribution in [0.25, 0.3) is 44.8 Å². The van der Waals surface area contributed by atoms with E-state index in [1.54, 1.807) is 0 Å². The first-order valence-corrected chi connectivity index (χ1v) is 22.7. The van der Waals surface area contributed by atoms with Crippen LogP contribution in [0.15, 0.2) is 259 Å². The standard InChI is InChI=1S/C63H42N2O/c1-6-20-43(21-7-1)61-64-59-39-36-50(42-60(59)66-61)65(48-34-37-53-51-30-16-18-32-55(51)62(57(53)40-48,44-22-8-2-9-23-44)45-24-10-3-11-25-45)49-35-38-54-52-31-17-19-33-56(52)63(58(54)41-49,46-26-12-4-13-27-46)47-28-14-5-15-29-47/h1-42H. The molecule has 3 heteroatoms. The zero-order valence-electron chi connectivity index (χ0n) is 36.1. The summed E-state index contributed by atoms with van der Waals surface area (Å²) in [7, 11) is 0. The molecule has 0 unspecified atom stereocenters. The van der Waals surface area contributed by atoms with Gasteiger partial charge in [-0.3, -0.25) is 0 Å². The number of aromatic nitrogens is 1. The number of rotatable bonds is 8. The molecule has 2 aliphatic rings. The molecule has 13 rings (SSSR count). The number of oxazole rings is 1. The van der Waals surface area contributed by atoms with Gasteiger partial charge in [0.1, 0.15) is 5.52 Å². The van der Waals surface area contributed by atoms with Gasteiger partial charge in [0.05, 0.1) is 10.8 Å². The smallest absolute Gasteiger partial charge is 0.227 e. The Hall–Kier alpha value is -8.53. The highest BCUT2D eigenvalue weighted by Crippen LogP contribution is 2.59. The largest absolute Gasteiger partial charge is 0.436 e. The monoisotopic (exact) mass is 842 g/mol. The molecular weight excluding hydrogens is 801 g/mol. The lowest BCUT2D eigenvalue weighted by Crippen LogP contribution is -2.29. The minimum absolute atomic E-state index is 0.565. The van der Waals surface area contributed by atoms with Crippen molar-refractivity contribution >= 4 is 28.2 Å². The zero-order valence-corrected chi connectivity index (χ0v) is 36.1. The van der Waals surface area contributed by atoms with Crippen molar-refractivity contribution in [3.8, 4) is 33.7 Å². The predicted molar refractivity (Wildman–Crippen MR) is 269 cm³/mol. The molecule has 0 fully saturated rings. The van der Waals surface area contributed by atoms with Gasteiger partial charge in [0.2, 0.25) is 5.89 Å². The summed E-state index contributed by atoms with van der Waals surface area (Å²) in [5, 5.41) is 0. The summed E-state index contributed by atoms with van der Waals surface area (Å²) in [6, 6.07) is 92.7. The second kappa shape index (κ2) is 15.0. The Balaban J connectivity index is 1.09. The van der Waals surface area contributed by atoms with Crippen molar-refractivity contribution in [3.63, 3.8) is 0 Å². The third-order valence-electron chi connectivity index (χ3n) is 14.1.